The first-order valence-corrected chi connectivity index (χ1v) is 8.11. The predicted molar refractivity (Wildman–Crippen MR) is 87.1 cm³/mol. The standard InChI is InChI=1S/C18H29NO2/c1-6-20-15-8-7-9-16-17(15)14(12-18(4,5)21-16)19-11-10-13(2)3/h7-9,13-14,19H,6,10-12H2,1-5H3. The van der Waals surface area contributed by atoms with Crippen molar-refractivity contribution >= 4 is 0 Å². The third kappa shape index (κ3) is 4.13. The monoisotopic (exact) mass is 291 g/mol. The summed E-state index contributed by atoms with van der Waals surface area (Å²) in [4.78, 5) is 0. The number of benzene rings is 1. The lowest BCUT2D eigenvalue weighted by atomic mass is 9.89. The highest BCUT2D eigenvalue weighted by molar-refractivity contribution is 5.48. The fourth-order valence-corrected chi connectivity index (χ4v) is 2.89. The smallest absolute Gasteiger partial charge is 0.128 e. The largest absolute Gasteiger partial charge is 0.493 e. The van der Waals surface area contributed by atoms with Crippen molar-refractivity contribution in [3.05, 3.63) is 23.8 Å². The van der Waals surface area contributed by atoms with Gasteiger partial charge in [0.2, 0.25) is 0 Å². The molecule has 1 heterocycles. The fourth-order valence-electron chi connectivity index (χ4n) is 2.89. The predicted octanol–water partition coefficient (Wildman–Crippen LogP) is 4.32. The van der Waals surface area contributed by atoms with Crippen molar-refractivity contribution in [2.75, 3.05) is 13.2 Å². The lowest BCUT2D eigenvalue weighted by Crippen LogP contribution is -2.40. The number of ether oxygens (including phenoxy) is 2. The molecule has 3 nitrogen and oxygen atoms in total. The van der Waals surface area contributed by atoms with Crippen molar-refractivity contribution in [2.24, 2.45) is 5.92 Å². The third-order valence-corrected chi connectivity index (χ3v) is 3.87. The van der Waals surface area contributed by atoms with Crippen molar-refractivity contribution in [1.29, 1.82) is 0 Å². The van der Waals surface area contributed by atoms with Crippen LogP contribution in [0.1, 0.15) is 59.1 Å². The molecule has 1 N–H and O–H groups in total. The number of rotatable bonds is 6. The van der Waals surface area contributed by atoms with E-state index in [-0.39, 0.29) is 5.60 Å². The Morgan fingerprint density at radius 1 is 1.38 bits per heavy atom. The van der Waals surface area contributed by atoms with Gasteiger partial charge in [0.05, 0.1) is 12.2 Å². The second kappa shape index (κ2) is 6.69. The Bertz CT molecular complexity index is 468. The van der Waals surface area contributed by atoms with Crippen LogP contribution in [-0.2, 0) is 0 Å². The van der Waals surface area contributed by atoms with Crippen LogP contribution in [0.2, 0.25) is 0 Å². The molecule has 0 aliphatic carbocycles. The van der Waals surface area contributed by atoms with Gasteiger partial charge in [0.1, 0.15) is 17.1 Å². The second-order valence-electron chi connectivity index (χ2n) is 6.86. The van der Waals surface area contributed by atoms with Crippen LogP contribution in [0.3, 0.4) is 0 Å². The summed E-state index contributed by atoms with van der Waals surface area (Å²) >= 11 is 0. The Labute approximate surface area is 129 Å². The summed E-state index contributed by atoms with van der Waals surface area (Å²) in [6.45, 7) is 12.6. The average Bonchev–Trinajstić information content (AvgIpc) is 2.37. The Kier molecular flexibility index (Phi) is 5.15. The molecule has 1 aliphatic rings. The summed E-state index contributed by atoms with van der Waals surface area (Å²) in [5.74, 6) is 2.62. The average molecular weight is 291 g/mol. The van der Waals surface area contributed by atoms with Crippen molar-refractivity contribution in [3.8, 4) is 11.5 Å². The first-order chi connectivity index (χ1) is 9.93. The maximum Gasteiger partial charge on any atom is 0.128 e. The van der Waals surface area contributed by atoms with Gasteiger partial charge in [-0.1, -0.05) is 19.9 Å². The second-order valence-corrected chi connectivity index (χ2v) is 6.86. The zero-order chi connectivity index (χ0) is 15.5. The van der Waals surface area contributed by atoms with Crippen LogP contribution in [-0.4, -0.2) is 18.8 Å². The van der Waals surface area contributed by atoms with Crippen molar-refractivity contribution < 1.29 is 9.47 Å². The van der Waals surface area contributed by atoms with Crippen molar-refractivity contribution in [2.45, 2.75) is 59.1 Å². The highest BCUT2D eigenvalue weighted by Gasteiger charge is 2.35. The van der Waals surface area contributed by atoms with Gasteiger partial charge in [-0.15, -0.1) is 0 Å². The van der Waals surface area contributed by atoms with E-state index in [0.29, 0.717) is 18.6 Å². The molecule has 3 heteroatoms. The van der Waals surface area contributed by atoms with Gasteiger partial charge < -0.3 is 14.8 Å². The SMILES string of the molecule is CCOc1cccc2c1C(NCCC(C)C)CC(C)(C)O2. The van der Waals surface area contributed by atoms with Crippen LogP contribution < -0.4 is 14.8 Å². The van der Waals surface area contributed by atoms with E-state index in [1.807, 2.05) is 19.1 Å². The topological polar surface area (TPSA) is 30.5 Å². The maximum absolute atomic E-state index is 6.14. The molecule has 0 saturated heterocycles. The molecule has 0 radical (unpaired) electrons. The molecular weight excluding hydrogens is 262 g/mol. The molecule has 1 atom stereocenters. The van der Waals surface area contributed by atoms with Crippen LogP contribution in [0.25, 0.3) is 0 Å². The van der Waals surface area contributed by atoms with Crippen molar-refractivity contribution in [3.63, 3.8) is 0 Å². The first-order valence-electron chi connectivity index (χ1n) is 8.11. The van der Waals surface area contributed by atoms with Crippen LogP contribution in [0.15, 0.2) is 18.2 Å². The summed E-state index contributed by atoms with van der Waals surface area (Å²) in [6.07, 6.45) is 2.14. The van der Waals surface area contributed by atoms with Crippen LogP contribution >= 0.6 is 0 Å². The molecule has 1 aliphatic heterocycles. The highest BCUT2D eigenvalue weighted by Crippen LogP contribution is 2.44. The maximum atomic E-state index is 6.14. The van der Waals surface area contributed by atoms with E-state index < -0.39 is 0 Å². The Hall–Kier alpha value is -1.22. The first kappa shape index (κ1) is 16.2. The van der Waals surface area contributed by atoms with E-state index in [2.05, 4.69) is 39.1 Å². The molecule has 0 saturated carbocycles. The van der Waals surface area contributed by atoms with E-state index in [1.54, 1.807) is 0 Å². The van der Waals surface area contributed by atoms with Gasteiger partial charge in [0.15, 0.2) is 0 Å². The molecule has 21 heavy (non-hydrogen) atoms. The summed E-state index contributed by atoms with van der Waals surface area (Å²) in [5, 5.41) is 3.70. The van der Waals surface area contributed by atoms with Gasteiger partial charge in [-0.2, -0.15) is 0 Å². The summed E-state index contributed by atoms with van der Waals surface area (Å²) in [6, 6.07) is 6.40. The molecule has 1 aromatic carbocycles. The van der Waals surface area contributed by atoms with Gasteiger partial charge in [-0.3, -0.25) is 0 Å². The Morgan fingerprint density at radius 3 is 2.81 bits per heavy atom. The van der Waals surface area contributed by atoms with Gasteiger partial charge in [0, 0.05) is 12.5 Å². The molecule has 0 fully saturated rings. The van der Waals surface area contributed by atoms with Gasteiger partial charge in [-0.25, -0.2) is 0 Å². The number of hydrogen-bond acceptors (Lipinski definition) is 3. The molecule has 2 rings (SSSR count). The molecular formula is C18H29NO2. The Morgan fingerprint density at radius 2 is 2.14 bits per heavy atom. The zero-order valence-electron chi connectivity index (χ0n) is 14.0. The highest BCUT2D eigenvalue weighted by atomic mass is 16.5. The number of fused-ring (bicyclic) bond motifs is 1. The molecule has 0 amide bonds. The molecule has 0 spiro atoms. The Balaban J connectivity index is 2.24. The normalized spacial score (nSPS) is 20.0. The zero-order valence-corrected chi connectivity index (χ0v) is 14.0. The lowest BCUT2D eigenvalue weighted by molar-refractivity contribution is 0.0643. The minimum absolute atomic E-state index is 0.146. The van der Waals surface area contributed by atoms with Crippen molar-refractivity contribution in [1.82, 2.24) is 5.32 Å². The van der Waals surface area contributed by atoms with Crippen LogP contribution in [0.4, 0.5) is 0 Å². The van der Waals surface area contributed by atoms with E-state index in [1.165, 1.54) is 12.0 Å². The fraction of sp³-hybridized carbons (Fsp3) is 0.667. The molecule has 118 valence electrons. The van der Waals surface area contributed by atoms with Gasteiger partial charge >= 0.3 is 0 Å². The molecule has 1 unspecified atom stereocenters. The molecule has 0 aromatic heterocycles. The van der Waals surface area contributed by atoms with Gasteiger partial charge in [0.25, 0.3) is 0 Å². The quantitative estimate of drug-likeness (QED) is 0.846. The van der Waals surface area contributed by atoms with E-state index in [4.69, 9.17) is 9.47 Å². The van der Waals surface area contributed by atoms with Crippen LogP contribution in [0, 0.1) is 5.92 Å². The third-order valence-electron chi connectivity index (χ3n) is 3.87. The number of nitrogens with one attached hydrogen (secondary N) is 1. The lowest BCUT2D eigenvalue weighted by Gasteiger charge is -2.38. The minimum Gasteiger partial charge on any atom is -0.493 e. The van der Waals surface area contributed by atoms with Crippen LogP contribution in [0.5, 0.6) is 11.5 Å². The molecule has 0 bridgehead atoms. The summed E-state index contributed by atoms with van der Waals surface area (Å²) in [7, 11) is 0. The minimum atomic E-state index is -0.146. The summed E-state index contributed by atoms with van der Waals surface area (Å²) < 4.78 is 12.0. The van der Waals surface area contributed by atoms with E-state index in [9.17, 15) is 0 Å². The van der Waals surface area contributed by atoms with E-state index >= 15 is 0 Å². The summed E-state index contributed by atoms with van der Waals surface area (Å²) in [5.41, 5.74) is 1.04. The molecule has 1 aromatic rings. The number of hydrogen-bond donors (Lipinski definition) is 1. The van der Waals surface area contributed by atoms with E-state index in [0.717, 1.165) is 24.5 Å². The van der Waals surface area contributed by atoms with Gasteiger partial charge in [-0.05, 0) is 51.8 Å².